The van der Waals surface area contributed by atoms with E-state index in [9.17, 15) is 4.79 Å². The summed E-state index contributed by atoms with van der Waals surface area (Å²) in [4.78, 5) is 13.4. The summed E-state index contributed by atoms with van der Waals surface area (Å²) in [6, 6.07) is 0.0580. The van der Waals surface area contributed by atoms with E-state index in [0.717, 1.165) is 38.8 Å². The number of likely N-dealkylation sites (tertiary alicyclic amines) is 1. The van der Waals surface area contributed by atoms with Crippen LogP contribution in [0.1, 0.15) is 32.1 Å². The fourth-order valence-corrected chi connectivity index (χ4v) is 1.64. The molecule has 0 saturated carbocycles. The maximum absolute atomic E-state index is 11.5. The lowest BCUT2D eigenvalue weighted by atomic mass is 10.1. The monoisotopic (exact) mass is 200 g/mol. The minimum Gasteiger partial charge on any atom is -0.396 e. The Bertz CT molecular complexity index is 168. The second-order valence-corrected chi connectivity index (χ2v) is 3.71. The van der Waals surface area contributed by atoms with Crippen molar-refractivity contribution >= 4 is 6.03 Å². The molecule has 1 aliphatic heterocycles. The van der Waals surface area contributed by atoms with Gasteiger partial charge in [-0.25, -0.2) is 4.79 Å². The number of nitrogens with one attached hydrogen (secondary N) is 1. The maximum atomic E-state index is 11.5. The van der Waals surface area contributed by atoms with E-state index >= 15 is 0 Å². The first kappa shape index (κ1) is 11.3. The van der Waals surface area contributed by atoms with Gasteiger partial charge in [0.25, 0.3) is 0 Å². The van der Waals surface area contributed by atoms with Crippen LogP contribution in [-0.2, 0) is 0 Å². The first-order chi connectivity index (χ1) is 6.84. The van der Waals surface area contributed by atoms with Crippen molar-refractivity contribution in [2.24, 2.45) is 0 Å². The molecule has 0 spiro atoms. The summed E-state index contributed by atoms with van der Waals surface area (Å²) in [6.07, 6.45) is 5.12. The van der Waals surface area contributed by atoms with E-state index in [1.807, 2.05) is 4.90 Å². The molecule has 4 nitrogen and oxygen atoms in total. The van der Waals surface area contributed by atoms with Crippen LogP contribution in [0.3, 0.4) is 0 Å². The molecule has 1 heterocycles. The molecule has 1 fully saturated rings. The standard InChI is InChI=1S/C10H20N2O2/c13-9-5-2-6-11-10(14)12-7-3-1-4-8-12/h13H,1-9H2,(H,11,14). The molecule has 0 aromatic heterocycles. The second kappa shape index (κ2) is 6.65. The van der Waals surface area contributed by atoms with E-state index in [1.54, 1.807) is 0 Å². The van der Waals surface area contributed by atoms with Crippen LogP contribution in [0.15, 0.2) is 0 Å². The van der Waals surface area contributed by atoms with Gasteiger partial charge in [0.1, 0.15) is 0 Å². The van der Waals surface area contributed by atoms with Gasteiger partial charge in [0.05, 0.1) is 0 Å². The van der Waals surface area contributed by atoms with Gasteiger partial charge < -0.3 is 15.3 Å². The highest BCUT2D eigenvalue weighted by molar-refractivity contribution is 5.74. The summed E-state index contributed by atoms with van der Waals surface area (Å²) >= 11 is 0. The van der Waals surface area contributed by atoms with Gasteiger partial charge in [-0.1, -0.05) is 0 Å². The van der Waals surface area contributed by atoms with Gasteiger partial charge in [-0.3, -0.25) is 0 Å². The molecule has 82 valence electrons. The molecule has 4 heteroatoms. The van der Waals surface area contributed by atoms with Crippen molar-refractivity contribution in [2.45, 2.75) is 32.1 Å². The van der Waals surface area contributed by atoms with Gasteiger partial charge >= 0.3 is 6.03 Å². The molecule has 0 aliphatic carbocycles. The van der Waals surface area contributed by atoms with Crippen LogP contribution >= 0.6 is 0 Å². The Morgan fingerprint density at radius 1 is 1.21 bits per heavy atom. The lowest BCUT2D eigenvalue weighted by Gasteiger charge is -2.26. The average molecular weight is 200 g/mol. The van der Waals surface area contributed by atoms with Gasteiger partial charge in [-0.05, 0) is 32.1 Å². The predicted octanol–water partition coefficient (Wildman–Crippen LogP) is 0.954. The number of unbranched alkanes of at least 4 members (excludes halogenated alkanes) is 1. The summed E-state index contributed by atoms with van der Waals surface area (Å²) < 4.78 is 0. The number of rotatable bonds is 4. The molecular weight excluding hydrogens is 180 g/mol. The quantitative estimate of drug-likeness (QED) is 0.664. The van der Waals surface area contributed by atoms with Gasteiger partial charge in [-0.15, -0.1) is 0 Å². The Labute approximate surface area is 85.3 Å². The van der Waals surface area contributed by atoms with Crippen molar-refractivity contribution in [3.8, 4) is 0 Å². The van der Waals surface area contributed by atoms with E-state index in [1.165, 1.54) is 6.42 Å². The Hall–Kier alpha value is -0.770. The van der Waals surface area contributed by atoms with Gasteiger partial charge in [0.15, 0.2) is 0 Å². The minimum atomic E-state index is 0.0580. The molecule has 2 amide bonds. The van der Waals surface area contributed by atoms with Crippen molar-refractivity contribution in [1.82, 2.24) is 10.2 Å². The molecule has 2 N–H and O–H groups in total. The number of urea groups is 1. The van der Waals surface area contributed by atoms with Crippen molar-refractivity contribution in [3.63, 3.8) is 0 Å². The first-order valence-electron chi connectivity index (χ1n) is 5.48. The van der Waals surface area contributed by atoms with Crippen LogP contribution in [0.25, 0.3) is 0 Å². The Balaban J connectivity index is 2.07. The zero-order chi connectivity index (χ0) is 10.2. The predicted molar refractivity (Wildman–Crippen MR) is 55.1 cm³/mol. The summed E-state index contributed by atoms with van der Waals surface area (Å²) in [5, 5.41) is 11.4. The highest BCUT2D eigenvalue weighted by Crippen LogP contribution is 2.08. The van der Waals surface area contributed by atoms with Crippen molar-refractivity contribution < 1.29 is 9.90 Å². The SMILES string of the molecule is O=C(NCCCCO)N1CCCCC1. The van der Waals surface area contributed by atoms with E-state index in [2.05, 4.69) is 5.32 Å². The highest BCUT2D eigenvalue weighted by atomic mass is 16.3. The Morgan fingerprint density at radius 3 is 2.57 bits per heavy atom. The molecule has 0 aromatic carbocycles. The summed E-state index contributed by atoms with van der Waals surface area (Å²) in [7, 11) is 0. The normalized spacial score (nSPS) is 16.8. The van der Waals surface area contributed by atoms with E-state index in [0.29, 0.717) is 6.54 Å². The number of hydrogen-bond acceptors (Lipinski definition) is 2. The molecule has 14 heavy (non-hydrogen) atoms. The number of amides is 2. The molecular formula is C10H20N2O2. The zero-order valence-corrected chi connectivity index (χ0v) is 8.67. The number of piperidine rings is 1. The third-order valence-electron chi connectivity index (χ3n) is 2.50. The highest BCUT2D eigenvalue weighted by Gasteiger charge is 2.14. The molecule has 0 unspecified atom stereocenters. The topological polar surface area (TPSA) is 52.6 Å². The molecule has 1 aliphatic rings. The van der Waals surface area contributed by atoms with Crippen LogP contribution in [0.4, 0.5) is 4.79 Å². The molecule has 0 aromatic rings. The number of nitrogens with zero attached hydrogens (tertiary/aromatic N) is 1. The van der Waals surface area contributed by atoms with Crippen molar-refractivity contribution in [2.75, 3.05) is 26.2 Å². The van der Waals surface area contributed by atoms with Crippen LogP contribution < -0.4 is 5.32 Å². The fraction of sp³-hybridized carbons (Fsp3) is 0.900. The minimum absolute atomic E-state index is 0.0580. The van der Waals surface area contributed by atoms with E-state index in [-0.39, 0.29) is 12.6 Å². The number of aliphatic hydroxyl groups is 1. The largest absolute Gasteiger partial charge is 0.396 e. The first-order valence-corrected chi connectivity index (χ1v) is 5.48. The third-order valence-corrected chi connectivity index (χ3v) is 2.50. The maximum Gasteiger partial charge on any atom is 0.317 e. The van der Waals surface area contributed by atoms with Crippen LogP contribution in [0.5, 0.6) is 0 Å². The Kier molecular flexibility index (Phi) is 5.37. The van der Waals surface area contributed by atoms with Crippen LogP contribution in [-0.4, -0.2) is 42.3 Å². The van der Waals surface area contributed by atoms with Crippen LogP contribution in [0.2, 0.25) is 0 Å². The molecule has 0 radical (unpaired) electrons. The Morgan fingerprint density at radius 2 is 1.93 bits per heavy atom. The van der Waals surface area contributed by atoms with Crippen LogP contribution in [0, 0.1) is 0 Å². The fourth-order valence-electron chi connectivity index (χ4n) is 1.64. The number of carbonyl (C=O) groups is 1. The van der Waals surface area contributed by atoms with E-state index in [4.69, 9.17) is 5.11 Å². The molecule has 0 atom stereocenters. The zero-order valence-electron chi connectivity index (χ0n) is 8.67. The lowest BCUT2D eigenvalue weighted by molar-refractivity contribution is 0.186. The van der Waals surface area contributed by atoms with Gasteiger partial charge in [0.2, 0.25) is 0 Å². The van der Waals surface area contributed by atoms with Crippen molar-refractivity contribution in [1.29, 1.82) is 0 Å². The number of aliphatic hydroxyl groups excluding tert-OH is 1. The summed E-state index contributed by atoms with van der Waals surface area (Å²) in [5.74, 6) is 0. The van der Waals surface area contributed by atoms with Gasteiger partial charge in [-0.2, -0.15) is 0 Å². The third kappa shape index (κ3) is 3.96. The molecule has 1 saturated heterocycles. The van der Waals surface area contributed by atoms with Crippen molar-refractivity contribution in [3.05, 3.63) is 0 Å². The molecule has 0 bridgehead atoms. The summed E-state index contributed by atoms with van der Waals surface area (Å²) in [6.45, 7) is 2.67. The lowest BCUT2D eigenvalue weighted by Crippen LogP contribution is -2.43. The number of hydrogen-bond donors (Lipinski definition) is 2. The smallest absolute Gasteiger partial charge is 0.317 e. The molecule has 1 rings (SSSR count). The van der Waals surface area contributed by atoms with Gasteiger partial charge in [0, 0.05) is 26.2 Å². The second-order valence-electron chi connectivity index (χ2n) is 3.71. The summed E-state index contributed by atoms with van der Waals surface area (Å²) in [5.41, 5.74) is 0. The number of carbonyl (C=O) groups excluding carboxylic acids is 1. The van der Waals surface area contributed by atoms with E-state index < -0.39 is 0 Å². The average Bonchev–Trinajstić information content (AvgIpc) is 2.25.